The average Bonchev–Trinajstić information content (AvgIpc) is 3.07. The van der Waals surface area contributed by atoms with Gasteiger partial charge in [0.2, 0.25) is 0 Å². The molecule has 0 bridgehead atoms. The Morgan fingerprint density at radius 3 is 2.82 bits per heavy atom. The number of benzene rings is 1. The fourth-order valence-electron chi connectivity index (χ4n) is 3.58. The number of aryl methyl sites for hydroxylation is 3. The van der Waals surface area contributed by atoms with Crippen molar-refractivity contribution >= 4 is 16.8 Å². The first-order chi connectivity index (χ1) is 10.5. The predicted octanol–water partition coefficient (Wildman–Crippen LogP) is 2.90. The number of carbonyl (C=O) groups is 1. The van der Waals surface area contributed by atoms with Crippen molar-refractivity contribution in [3.05, 3.63) is 35.0 Å². The molecule has 1 saturated heterocycles. The molecule has 1 atom stereocenters. The van der Waals surface area contributed by atoms with Crippen LogP contribution in [0, 0.1) is 19.8 Å². The molecule has 1 aliphatic rings. The molecule has 4 nitrogen and oxygen atoms in total. The summed E-state index contributed by atoms with van der Waals surface area (Å²) in [4.78, 5) is 14.8. The molecule has 2 aromatic rings. The highest BCUT2D eigenvalue weighted by Gasteiger charge is 2.25. The fraction of sp³-hybridized carbons (Fsp3) is 0.500. The maximum atomic E-state index is 12.9. The first-order valence-corrected chi connectivity index (χ1v) is 7.88. The van der Waals surface area contributed by atoms with Crippen LogP contribution in [-0.2, 0) is 11.8 Å². The summed E-state index contributed by atoms with van der Waals surface area (Å²) in [5.41, 5.74) is 4.22. The molecule has 0 N–H and O–H groups in total. The number of hydrogen-bond donors (Lipinski definition) is 0. The van der Waals surface area contributed by atoms with E-state index in [-0.39, 0.29) is 5.91 Å². The van der Waals surface area contributed by atoms with Gasteiger partial charge in [0.05, 0.1) is 12.1 Å². The Morgan fingerprint density at radius 2 is 2.18 bits per heavy atom. The average molecular weight is 300 g/mol. The van der Waals surface area contributed by atoms with Gasteiger partial charge in [-0.15, -0.1) is 0 Å². The van der Waals surface area contributed by atoms with E-state index >= 15 is 0 Å². The minimum Gasteiger partial charge on any atom is -0.381 e. The zero-order valence-electron chi connectivity index (χ0n) is 13.8. The Kier molecular flexibility index (Phi) is 3.96. The molecule has 1 aromatic carbocycles. The molecule has 118 valence electrons. The lowest BCUT2D eigenvalue weighted by Gasteiger charge is -2.21. The number of carbonyl (C=O) groups excluding carboxylic acids is 1. The van der Waals surface area contributed by atoms with E-state index in [4.69, 9.17) is 4.74 Å². The summed E-state index contributed by atoms with van der Waals surface area (Å²) in [6.45, 7) is 6.49. The highest BCUT2D eigenvalue weighted by molar-refractivity contribution is 6.02. The molecule has 0 spiro atoms. The van der Waals surface area contributed by atoms with Crippen molar-refractivity contribution in [2.45, 2.75) is 20.3 Å². The summed E-state index contributed by atoms with van der Waals surface area (Å²) in [7, 11) is 3.88. The first kappa shape index (κ1) is 15.1. The summed E-state index contributed by atoms with van der Waals surface area (Å²) in [5.74, 6) is 0.563. The number of rotatable bonds is 3. The molecule has 2 heterocycles. The van der Waals surface area contributed by atoms with Gasteiger partial charge in [0.25, 0.3) is 5.91 Å². The molecule has 1 aliphatic heterocycles. The molecular formula is C18H24N2O2. The van der Waals surface area contributed by atoms with Gasteiger partial charge in [0, 0.05) is 38.6 Å². The van der Waals surface area contributed by atoms with Gasteiger partial charge in [-0.3, -0.25) is 4.79 Å². The van der Waals surface area contributed by atoms with Gasteiger partial charge in [0.1, 0.15) is 5.69 Å². The highest BCUT2D eigenvalue weighted by atomic mass is 16.5. The molecule has 0 aliphatic carbocycles. The summed E-state index contributed by atoms with van der Waals surface area (Å²) >= 11 is 0. The number of hydrogen-bond acceptors (Lipinski definition) is 2. The predicted molar refractivity (Wildman–Crippen MR) is 88.3 cm³/mol. The molecule has 0 saturated carbocycles. The maximum Gasteiger partial charge on any atom is 0.270 e. The van der Waals surface area contributed by atoms with Crippen LogP contribution < -0.4 is 0 Å². The smallest absolute Gasteiger partial charge is 0.270 e. The van der Waals surface area contributed by atoms with Gasteiger partial charge < -0.3 is 14.2 Å². The standard InChI is InChI=1S/C18H24N2O2/c1-12-6-5-7-15-13(2)17(20(4)16(12)15)18(21)19(3)10-14-8-9-22-11-14/h5-7,14H,8-11H2,1-4H3/t14-/m1/s1. The monoisotopic (exact) mass is 300 g/mol. The van der Waals surface area contributed by atoms with Crippen LogP contribution in [0.2, 0.25) is 0 Å². The van der Waals surface area contributed by atoms with Crippen molar-refractivity contribution in [3.63, 3.8) is 0 Å². The Labute approximate surface area is 131 Å². The largest absolute Gasteiger partial charge is 0.381 e. The van der Waals surface area contributed by atoms with E-state index in [1.165, 1.54) is 10.9 Å². The van der Waals surface area contributed by atoms with Crippen LogP contribution in [0.15, 0.2) is 18.2 Å². The normalized spacial score (nSPS) is 18.1. The lowest BCUT2D eigenvalue weighted by molar-refractivity contribution is 0.0756. The van der Waals surface area contributed by atoms with Crippen molar-refractivity contribution in [2.24, 2.45) is 13.0 Å². The SMILES string of the molecule is Cc1c(C(=O)N(C)C[C@H]2CCOC2)n(C)c2c(C)cccc12. The third-order valence-electron chi connectivity index (χ3n) is 4.77. The Hall–Kier alpha value is -1.81. The minimum absolute atomic E-state index is 0.0995. The minimum atomic E-state index is 0.0995. The van der Waals surface area contributed by atoms with Gasteiger partial charge in [0.15, 0.2) is 0 Å². The molecule has 1 fully saturated rings. The summed E-state index contributed by atoms with van der Waals surface area (Å²) in [5, 5.41) is 1.17. The number of aromatic nitrogens is 1. The first-order valence-electron chi connectivity index (χ1n) is 7.88. The van der Waals surface area contributed by atoms with Gasteiger partial charge in [-0.1, -0.05) is 18.2 Å². The summed E-state index contributed by atoms with van der Waals surface area (Å²) < 4.78 is 7.46. The van der Waals surface area contributed by atoms with Crippen LogP contribution in [-0.4, -0.2) is 42.2 Å². The van der Waals surface area contributed by atoms with Gasteiger partial charge in [-0.2, -0.15) is 0 Å². The third kappa shape index (κ3) is 2.41. The number of fused-ring (bicyclic) bond motifs is 1. The molecule has 22 heavy (non-hydrogen) atoms. The summed E-state index contributed by atoms with van der Waals surface area (Å²) in [6, 6.07) is 6.24. The van der Waals surface area contributed by atoms with E-state index in [0.717, 1.165) is 43.0 Å². The zero-order valence-corrected chi connectivity index (χ0v) is 13.8. The van der Waals surface area contributed by atoms with E-state index in [2.05, 4.69) is 25.1 Å². The summed E-state index contributed by atoms with van der Waals surface area (Å²) in [6.07, 6.45) is 1.05. The van der Waals surface area contributed by atoms with Crippen molar-refractivity contribution < 1.29 is 9.53 Å². The maximum absolute atomic E-state index is 12.9. The second-order valence-electron chi connectivity index (χ2n) is 6.42. The third-order valence-corrected chi connectivity index (χ3v) is 4.77. The van der Waals surface area contributed by atoms with Crippen LogP contribution in [0.4, 0.5) is 0 Å². The van der Waals surface area contributed by atoms with Crippen molar-refractivity contribution in [2.75, 3.05) is 26.8 Å². The van der Waals surface area contributed by atoms with Gasteiger partial charge in [-0.05, 0) is 31.4 Å². The van der Waals surface area contributed by atoms with E-state index in [1.54, 1.807) is 0 Å². The number of nitrogens with zero attached hydrogens (tertiary/aromatic N) is 2. The lowest BCUT2D eigenvalue weighted by Crippen LogP contribution is -2.33. The van der Waals surface area contributed by atoms with Crippen molar-refractivity contribution in [1.29, 1.82) is 0 Å². The Balaban J connectivity index is 1.95. The fourth-order valence-corrected chi connectivity index (χ4v) is 3.58. The molecule has 1 aromatic heterocycles. The van der Waals surface area contributed by atoms with Crippen LogP contribution in [0.5, 0.6) is 0 Å². The topological polar surface area (TPSA) is 34.5 Å². The molecule has 1 amide bonds. The van der Waals surface area contributed by atoms with Crippen molar-refractivity contribution in [3.8, 4) is 0 Å². The number of para-hydroxylation sites is 1. The Bertz CT molecular complexity index is 711. The van der Waals surface area contributed by atoms with Crippen LogP contribution in [0.3, 0.4) is 0 Å². The van der Waals surface area contributed by atoms with Gasteiger partial charge >= 0.3 is 0 Å². The molecule has 3 rings (SSSR count). The second kappa shape index (κ2) is 5.76. The number of amides is 1. The molecule has 0 unspecified atom stereocenters. The van der Waals surface area contributed by atoms with Crippen LogP contribution >= 0.6 is 0 Å². The van der Waals surface area contributed by atoms with E-state index < -0.39 is 0 Å². The second-order valence-corrected chi connectivity index (χ2v) is 6.42. The zero-order chi connectivity index (χ0) is 15.9. The molecule has 4 heteroatoms. The van der Waals surface area contributed by atoms with Crippen LogP contribution in [0.1, 0.15) is 28.0 Å². The van der Waals surface area contributed by atoms with Gasteiger partial charge in [-0.25, -0.2) is 0 Å². The molecular weight excluding hydrogens is 276 g/mol. The van der Waals surface area contributed by atoms with E-state index in [9.17, 15) is 4.79 Å². The van der Waals surface area contributed by atoms with Crippen LogP contribution in [0.25, 0.3) is 10.9 Å². The van der Waals surface area contributed by atoms with E-state index in [0.29, 0.717) is 5.92 Å². The Morgan fingerprint density at radius 1 is 1.41 bits per heavy atom. The lowest BCUT2D eigenvalue weighted by atomic mass is 10.1. The van der Waals surface area contributed by atoms with E-state index in [1.807, 2.05) is 30.5 Å². The molecule has 0 radical (unpaired) electrons. The number of ether oxygens (including phenoxy) is 1. The quantitative estimate of drug-likeness (QED) is 0.873. The van der Waals surface area contributed by atoms with Crippen molar-refractivity contribution in [1.82, 2.24) is 9.47 Å². The highest BCUT2D eigenvalue weighted by Crippen LogP contribution is 2.28.